The number of benzene rings is 2. The van der Waals surface area contributed by atoms with Gasteiger partial charge in [0.15, 0.2) is 0 Å². The second-order valence-corrected chi connectivity index (χ2v) is 17.3. The van der Waals surface area contributed by atoms with Gasteiger partial charge in [0.25, 0.3) is 0 Å². The molecule has 2 aromatic rings. The average molecular weight is 674 g/mol. The van der Waals surface area contributed by atoms with Crippen LogP contribution in [0.2, 0.25) is 0 Å². The van der Waals surface area contributed by atoms with Crippen molar-refractivity contribution < 1.29 is 47.8 Å². The van der Waals surface area contributed by atoms with E-state index in [-0.39, 0.29) is 24.8 Å². The molecule has 0 amide bonds. The zero-order chi connectivity index (χ0) is 23.6. The third-order valence-electron chi connectivity index (χ3n) is 5.13. The summed E-state index contributed by atoms with van der Waals surface area (Å²) in [6.07, 6.45) is 17.3. The van der Waals surface area contributed by atoms with E-state index in [9.17, 15) is 0 Å². The van der Waals surface area contributed by atoms with Gasteiger partial charge in [-0.05, 0) is 10.8 Å². The molecule has 0 bridgehead atoms. The summed E-state index contributed by atoms with van der Waals surface area (Å²) in [5, 5.41) is 3.07. The van der Waals surface area contributed by atoms with E-state index in [4.69, 9.17) is 0 Å². The molecule has 0 spiro atoms. The van der Waals surface area contributed by atoms with Gasteiger partial charge in [0.05, 0.1) is 0 Å². The standard InChI is InChI=1S/C12H10Si.2C9H13.2ClH.Hf/c1-3-7-11(8-4-1)13-12-9-5-2-6-10-12;2*1-9(2,3)8-6-4-5-7-8;;;/h1-10H;2*4,6H,5H2,1-3H3;2*1H;/q;2*-1;;;+2/p-2. The Morgan fingerprint density at radius 1 is 0.618 bits per heavy atom. The van der Waals surface area contributed by atoms with Gasteiger partial charge < -0.3 is 24.8 Å². The first-order chi connectivity index (χ1) is 15.1. The molecule has 180 valence electrons. The molecule has 0 aliphatic heterocycles. The second kappa shape index (κ2) is 15.9. The number of hydrogen-bond donors (Lipinski definition) is 0. The van der Waals surface area contributed by atoms with Crippen molar-refractivity contribution in [2.24, 2.45) is 10.8 Å². The molecule has 34 heavy (non-hydrogen) atoms. The molecular formula is C30H36Cl2HfSi-2. The van der Waals surface area contributed by atoms with Crippen LogP contribution in [0.15, 0.2) is 96.1 Å². The van der Waals surface area contributed by atoms with E-state index in [1.807, 2.05) is 0 Å². The van der Waals surface area contributed by atoms with Crippen molar-refractivity contribution in [2.75, 3.05) is 0 Å². The summed E-state index contributed by atoms with van der Waals surface area (Å²) in [6.45, 7) is 13.3. The van der Waals surface area contributed by atoms with Crippen LogP contribution in [-0.4, -0.2) is 5.49 Å². The Labute approximate surface area is 235 Å². The topological polar surface area (TPSA) is 0 Å². The number of hydrogen-bond acceptors (Lipinski definition) is 0. The molecule has 0 unspecified atom stereocenters. The van der Waals surface area contributed by atoms with Crippen molar-refractivity contribution in [3.8, 4) is 0 Å². The molecular weight excluding hydrogens is 638 g/mol. The van der Waals surface area contributed by atoms with Crippen LogP contribution in [0.5, 0.6) is 0 Å². The summed E-state index contributed by atoms with van der Waals surface area (Å²) in [5.41, 5.74) is 2.89. The fourth-order valence-electron chi connectivity index (χ4n) is 3.22. The molecule has 0 fully saturated rings. The molecule has 0 nitrogen and oxygen atoms in total. The SMILES string of the molecule is CC(C)(C)C1=[C-]CC=C1.CC(C)(C)C1=[C-]CC=C1.[Cl-].[Cl-].[Hf+2]=[Si](c1ccccc1)c1ccccc1. The second-order valence-electron chi connectivity index (χ2n) is 10.0. The van der Waals surface area contributed by atoms with Crippen molar-refractivity contribution in [1.29, 1.82) is 0 Å². The minimum atomic E-state index is -0.406. The van der Waals surface area contributed by atoms with Crippen LogP contribution < -0.4 is 35.2 Å². The van der Waals surface area contributed by atoms with Crippen LogP contribution in [0.3, 0.4) is 0 Å². The number of halogens is 2. The van der Waals surface area contributed by atoms with Gasteiger partial charge in [-0.3, -0.25) is 12.2 Å². The summed E-state index contributed by atoms with van der Waals surface area (Å²) in [7, 11) is 0. The summed E-state index contributed by atoms with van der Waals surface area (Å²) in [4.78, 5) is 0. The molecule has 2 aliphatic rings. The summed E-state index contributed by atoms with van der Waals surface area (Å²) in [6, 6.07) is 21.8. The Hall–Kier alpha value is -0.933. The maximum absolute atomic E-state index is 3.30. The van der Waals surface area contributed by atoms with E-state index in [1.165, 1.54) is 44.5 Å². The molecule has 0 N–H and O–H groups in total. The Morgan fingerprint density at radius 3 is 1.15 bits per heavy atom. The van der Waals surface area contributed by atoms with Gasteiger partial charge in [-0.2, -0.15) is 12.2 Å². The van der Waals surface area contributed by atoms with Gasteiger partial charge in [0.2, 0.25) is 0 Å². The Kier molecular flexibility index (Phi) is 15.5. The Balaban J connectivity index is 0.000000485. The number of rotatable bonds is 2. The van der Waals surface area contributed by atoms with Gasteiger partial charge in [-0.1, -0.05) is 41.5 Å². The van der Waals surface area contributed by atoms with Crippen LogP contribution >= 0.6 is 0 Å². The van der Waals surface area contributed by atoms with E-state index in [0.717, 1.165) is 12.8 Å². The fraction of sp³-hybridized carbons (Fsp3) is 0.333. The van der Waals surface area contributed by atoms with E-state index >= 15 is 0 Å². The third kappa shape index (κ3) is 11.7. The van der Waals surface area contributed by atoms with Crippen LogP contribution in [0.25, 0.3) is 0 Å². The zero-order valence-electron chi connectivity index (χ0n) is 21.3. The van der Waals surface area contributed by atoms with Gasteiger partial charge in [0, 0.05) is 0 Å². The van der Waals surface area contributed by atoms with Crippen molar-refractivity contribution in [3.05, 3.63) is 108 Å². The minimum absolute atomic E-state index is 0. The van der Waals surface area contributed by atoms with Crippen molar-refractivity contribution >= 4 is 15.9 Å². The molecule has 0 atom stereocenters. The zero-order valence-corrected chi connectivity index (χ0v) is 27.4. The average Bonchev–Trinajstić information content (AvgIpc) is 3.49. The van der Waals surface area contributed by atoms with Crippen LogP contribution in [0, 0.1) is 23.0 Å². The van der Waals surface area contributed by atoms with E-state index in [0.29, 0.717) is 10.8 Å². The molecule has 4 heteroatoms. The van der Waals surface area contributed by atoms with Crippen LogP contribution in [-0.2, 0) is 23.0 Å². The molecule has 0 saturated carbocycles. The van der Waals surface area contributed by atoms with E-state index < -0.39 is 5.49 Å². The predicted octanol–water partition coefficient (Wildman–Crippen LogP) is 0.791. The molecule has 0 radical (unpaired) electrons. The monoisotopic (exact) mass is 674 g/mol. The maximum atomic E-state index is 3.30. The van der Waals surface area contributed by atoms with E-state index in [1.54, 1.807) is 0 Å². The van der Waals surface area contributed by atoms with Crippen molar-refractivity contribution in [2.45, 2.75) is 54.4 Å². The summed E-state index contributed by atoms with van der Waals surface area (Å²) < 4.78 is 0. The Bertz CT molecular complexity index is 908. The number of allylic oxidation sites excluding steroid dienone is 8. The molecule has 0 aromatic heterocycles. The van der Waals surface area contributed by atoms with Crippen molar-refractivity contribution in [1.82, 2.24) is 0 Å². The molecule has 2 aromatic carbocycles. The van der Waals surface area contributed by atoms with Gasteiger partial charge >= 0.3 is 99.5 Å². The Morgan fingerprint density at radius 2 is 0.941 bits per heavy atom. The first-order valence-corrected chi connectivity index (χ1v) is 18.2. The molecule has 0 heterocycles. The van der Waals surface area contributed by atoms with E-state index in [2.05, 4.69) is 139 Å². The van der Waals surface area contributed by atoms with Crippen LogP contribution in [0.4, 0.5) is 0 Å². The van der Waals surface area contributed by atoms with Gasteiger partial charge in [-0.15, -0.1) is 12.8 Å². The van der Waals surface area contributed by atoms with Crippen LogP contribution in [0.1, 0.15) is 54.4 Å². The summed E-state index contributed by atoms with van der Waals surface area (Å²) in [5.74, 6) is 0. The third-order valence-corrected chi connectivity index (χ3v) is 13.2. The molecule has 4 rings (SSSR count). The first-order valence-electron chi connectivity index (χ1n) is 11.3. The predicted molar refractivity (Wildman–Crippen MR) is 138 cm³/mol. The van der Waals surface area contributed by atoms with Gasteiger partial charge in [0.1, 0.15) is 0 Å². The first kappa shape index (κ1) is 33.1. The van der Waals surface area contributed by atoms with Gasteiger partial charge in [-0.25, -0.2) is 23.3 Å². The summed E-state index contributed by atoms with van der Waals surface area (Å²) >= 11 is 1.27. The van der Waals surface area contributed by atoms with Crippen molar-refractivity contribution in [3.63, 3.8) is 0 Å². The fourth-order valence-corrected chi connectivity index (χ4v) is 8.19. The molecule has 2 aliphatic carbocycles. The normalized spacial score (nSPS) is 13.8. The quantitative estimate of drug-likeness (QED) is 0.327. The molecule has 0 saturated heterocycles.